The lowest BCUT2D eigenvalue weighted by molar-refractivity contribution is 0.0390. The molecular weight excluding hydrogens is 338 g/mol. The standard InChI is InChI=1S/C21H29N3O2.CH4/c1-22(2)21(26)24-13-11-16-14-17(9-10-19(16)24)20(25)23-12-5-7-15-6-3-4-8-18(15)23;/h9-10,14-15,18H,3-8,11-13H2,1-2H3;1H4/t15-,18?;/m1./s1. The monoisotopic (exact) mass is 371 g/mol. The van der Waals surface area contributed by atoms with E-state index in [1.807, 2.05) is 23.1 Å². The van der Waals surface area contributed by atoms with Gasteiger partial charge in [-0.25, -0.2) is 4.79 Å². The van der Waals surface area contributed by atoms with Crippen LogP contribution in [-0.2, 0) is 6.42 Å². The number of likely N-dealkylation sites (tertiary alicyclic amines) is 1. The van der Waals surface area contributed by atoms with Gasteiger partial charge in [0, 0.05) is 44.5 Å². The number of nitrogens with zero attached hydrogens (tertiary/aromatic N) is 3. The Morgan fingerprint density at radius 3 is 2.56 bits per heavy atom. The number of hydrogen-bond acceptors (Lipinski definition) is 2. The van der Waals surface area contributed by atoms with Crippen molar-refractivity contribution in [2.75, 3.05) is 32.1 Å². The van der Waals surface area contributed by atoms with Crippen molar-refractivity contribution in [1.29, 1.82) is 0 Å². The van der Waals surface area contributed by atoms with E-state index in [1.54, 1.807) is 19.0 Å². The first kappa shape index (κ1) is 19.7. The number of piperidine rings is 1. The maximum atomic E-state index is 13.2. The predicted octanol–water partition coefficient (Wildman–Crippen LogP) is 4.16. The molecule has 3 aliphatic rings. The summed E-state index contributed by atoms with van der Waals surface area (Å²) in [5.41, 5.74) is 2.85. The molecule has 1 saturated heterocycles. The second-order valence-corrected chi connectivity index (χ2v) is 8.17. The van der Waals surface area contributed by atoms with E-state index in [9.17, 15) is 9.59 Å². The minimum atomic E-state index is 0. The molecule has 148 valence electrons. The van der Waals surface area contributed by atoms with Gasteiger partial charge in [-0.1, -0.05) is 20.3 Å². The van der Waals surface area contributed by atoms with Crippen molar-refractivity contribution < 1.29 is 9.59 Å². The van der Waals surface area contributed by atoms with Gasteiger partial charge in [-0.2, -0.15) is 0 Å². The Bertz CT molecular complexity index is 714. The lowest BCUT2D eigenvalue weighted by Crippen LogP contribution is -2.49. The van der Waals surface area contributed by atoms with Crippen LogP contribution >= 0.6 is 0 Å². The third-order valence-corrected chi connectivity index (χ3v) is 6.34. The Balaban J connectivity index is 0.00000210. The topological polar surface area (TPSA) is 43.9 Å². The van der Waals surface area contributed by atoms with E-state index in [2.05, 4.69) is 4.90 Å². The molecule has 0 radical (unpaired) electrons. The summed E-state index contributed by atoms with van der Waals surface area (Å²) < 4.78 is 0. The molecule has 1 aliphatic carbocycles. The van der Waals surface area contributed by atoms with Crippen molar-refractivity contribution in [2.24, 2.45) is 5.92 Å². The molecule has 2 aliphatic heterocycles. The molecule has 1 saturated carbocycles. The maximum Gasteiger partial charge on any atom is 0.323 e. The van der Waals surface area contributed by atoms with E-state index in [1.165, 1.54) is 25.7 Å². The summed E-state index contributed by atoms with van der Waals surface area (Å²) in [4.78, 5) is 31.1. The fourth-order valence-corrected chi connectivity index (χ4v) is 5.02. The molecule has 0 spiro atoms. The van der Waals surface area contributed by atoms with E-state index in [0.29, 0.717) is 18.5 Å². The molecule has 3 amide bonds. The third kappa shape index (κ3) is 3.56. The fraction of sp³-hybridized carbons (Fsp3) is 0.636. The highest BCUT2D eigenvalue weighted by atomic mass is 16.2. The molecule has 1 aromatic rings. The second kappa shape index (κ2) is 7.91. The quantitative estimate of drug-likeness (QED) is 0.744. The van der Waals surface area contributed by atoms with E-state index < -0.39 is 0 Å². The summed E-state index contributed by atoms with van der Waals surface area (Å²) in [6.07, 6.45) is 8.23. The molecule has 5 nitrogen and oxygen atoms in total. The number of benzene rings is 1. The summed E-state index contributed by atoms with van der Waals surface area (Å²) in [6, 6.07) is 6.33. The van der Waals surface area contributed by atoms with E-state index in [0.717, 1.165) is 42.6 Å². The van der Waals surface area contributed by atoms with Gasteiger partial charge in [-0.3, -0.25) is 9.69 Å². The van der Waals surface area contributed by atoms with Gasteiger partial charge < -0.3 is 9.80 Å². The largest absolute Gasteiger partial charge is 0.335 e. The van der Waals surface area contributed by atoms with Gasteiger partial charge in [0.1, 0.15) is 0 Å². The first-order valence-corrected chi connectivity index (χ1v) is 9.99. The number of urea groups is 1. The first-order valence-electron chi connectivity index (χ1n) is 9.99. The van der Waals surface area contributed by atoms with Crippen LogP contribution in [0, 0.1) is 5.92 Å². The molecule has 0 bridgehead atoms. The van der Waals surface area contributed by atoms with Crippen LogP contribution in [0.2, 0.25) is 0 Å². The molecule has 5 heteroatoms. The molecule has 2 fully saturated rings. The Morgan fingerprint density at radius 1 is 1.04 bits per heavy atom. The molecule has 2 heterocycles. The van der Waals surface area contributed by atoms with Crippen LogP contribution in [0.3, 0.4) is 0 Å². The molecule has 27 heavy (non-hydrogen) atoms. The Hall–Kier alpha value is -2.04. The normalized spacial score (nSPS) is 23.9. The number of hydrogen-bond donors (Lipinski definition) is 0. The lowest BCUT2D eigenvalue weighted by atomic mass is 9.78. The smallest absolute Gasteiger partial charge is 0.323 e. The van der Waals surface area contributed by atoms with Crippen molar-refractivity contribution in [3.8, 4) is 0 Å². The summed E-state index contributed by atoms with van der Waals surface area (Å²) in [6.45, 7) is 1.58. The zero-order valence-electron chi connectivity index (χ0n) is 15.9. The van der Waals surface area contributed by atoms with Crippen LogP contribution < -0.4 is 4.90 Å². The van der Waals surface area contributed by atoms with Gasteiger partial charge in [0.05, 0.1) is 0 Å². The summed E-state index contributed by atoms with van der Waals surface area (Å²) in [5, 5.41) is 0. The van der Waals surface area contributed by atoms with Crippen LogP contribution in [0.1, 0.15) is 61.9 Å². The number of carbonyl (C=O) groups is 2. The van der Waals surface area contributed by atoms with Gasteiger partial charge in [-0.15, -0.1) is 0 Å². The molecule has 1 aromatic carbocycles. The van der Waals surface area contributed by atoms with Gasteiger partial charge in [0.2, 0.25) is 0 Å². The van der Waals surface area contributed by atoms with Crippen LogP contribution in [-0.4, -0.2) is 55.0 Å². The predicted molar refractivity (Wildman–Crippen MR) is 109 cm³/mol. The van der Waals surface area contributed by atoms with Gasteiger partial charge in [-0.05, 0) is 61.8 Å². The third-order valence-electron chi connectivity index (χ3n) is 6.34. The number of anilines is 1. The highest BCUT2D eigenvalue weighted by molar-refractivity contribution is 5.98. The average molecular weight is 372 g/mol. The summed E-state index contributed by atoms with van der Waals surface area (Å²) in [5.74, 6) is 0.880. The summed E-state index contributed by atoms with van der Waals surface area (Å²) in [7, 11) is 3.55. The molecule has 0 aromatic heterocycles. The van der Waals surface area contributed by atoms with E-state index in [4.69, 9.17) is 0 Å². The van der Waals surface area contributed by atoms with Crippen LogP contribution in [0.15, 0.2) is 18.2 Å². The second-order valence-electron chi connectivity index (χ2n) is 8.17. The number of rotatable bonds is 1. The average Bonchev–Trinajstić information content (AvgIpc) is 3.09. The number of carbonyl (C=O) groups excluding carboxylic acids is 2. The Kier molecular flexibility index (Phi) is 5.78. The van der Waals surface area contributed by atoms with Crippen LogP contribution in [0.4, 0.5) is 10.5 Å². The summed E-state index contributed by atoms with van der Waals surface area (Å²) >= 11 is 0. The van der Waals surface area contributed by atoms with Crippen molar-refractivity contribution >= 4 is 17.6 Å². The SMILES string of the molecule is C.CN(C)C(=O)N1CCc2cc(C(=O)N3CCC[C@H]4CCCCC43)ccc21. The van der Waals surface area contributed by atoms with Crippen LogP contribution in [0.5, 0.6) is 0 Å². The fourth-order valence-electron chi connectivity index (χ4n) is 5.02. The zero-order chi connectivity index (χ0) is 18.3. The molecule has 0 N–H and O–H groups in total. The van der Waals surface area contributed by atoms with E-state index >= 15 is 0 Å². The van der Waals surface area contributed by atoms with Crippen molar-refractivity contribution in [3.05, 3.63) is 29.3 Å². The van der Waals surface area contributed by atoms with Gasteiger partial charge in [0.25, 0.3) is 5.91 Å². The highest BCUT2D eigenvalue weighted by Crippen LogP contribution is 2.36. The Morgan fingerprint density at radius 2 is 1.78 bits per heavy atom. The number of fused-ring (bicyclic) bond motifs is 2. The lowest BCUT2D eigenvalue weighted by Gasteiger charge is -2.44. The van der Waals surface area contributed by atoms with Gasteiger partial charge >= 0.3 is 6.03 Å². The van der Waals surface area contributed by atoms with Crippen molar-refractivity contribution in [3.63, 3.8) is 0 Å². The minimum Gasteiger partial charge on any atom is -0.335 e. The Labute approximate surface area is 163 Å². The van der Waals surface area contributed by atoms with Crippen molar-refractivity contribution in [2.45, 2.75) is 58.4 Å². The first-order chi connectivity index (χ1) is 12.6. The molecular formula is C22H33N3O2. The van der Waals surface area contributed by atoms with E-state index in [-0.39, 0.29) is 19.4 Å². The molecule has 1 unspecified atom stereocenters. The maximum absolute atomic E-state index is 13.2. The highest BCUT2D eigenvalue weighted by Gasteiger charge is 2.36. The zero-order valence-corrected chi connectivity index (χ0v) is 15.9. The van der Waals surface area contributed by atoms with Gasteiger partial charge in [0.15, 0.2) is 0 Å². The minimum absolute atomic E-state index is 0. The van der Waals surface area contributed by atoms with Crippen LogP contribution in [0.25, 0.3) is 0 Å². The number of amides is 3. The molecule has 2 atom stereocenters. The molecule has 4 rings (SSSR count). The van der Waals surface area contributed by atoms with Crippen molar-refractivity contribution in [1.82, 2.24) is 9.80 Å².